The summed E-state index contributed by atoms with van der Waals surface area (Å²) in [4.78, 5) is 25.9. The van der Waals surface area contributed by atoms with E-state index in [1.54, 1.807) is 6.92 Å². The number of hydrogen-bond donors (Lipinski definition) is 1. The van der Waals surface area contributed by atoms with Gasteiger partial charge in [0.1, 0.15) is 63.1 Å². The van der Waals surface area contributed by atoms with Crippen molar-refractivity contribution in [1.82, 2.24) is 29.9 Å². The van der Waals surface area contributed by atoms with Gasteiger partial charge in [-0.2, -0.15) is 21.0 Å². The molecule has 4 rings (SSSR count). The lowest BCUT2D eigenvalue weighted by molar-refractivity contribution is 1.13. The topological polar surface area (TPSA) is 196 Å². The number of rotatable bonds is 1. The smallest absolute Gasteiger partial charge is 0.177 e. The number of nitrogens with zero attached hydrogens (tertiary/aromatic N) is 10. The van der Waals surface area contributed by atoms with Gasteiger partial charge in [0.25, 0.3) is 0 Å². The molecule has 3 aromatic heterocycles. The SMILES string of the molecule is CC(=N)c1nc2c3nc(C#N)c(C#N)nc3c3nc(C#N)c(C)nc3c2nc1C#N. The molecule has 0 saturated heterocycles. The third-order valence-corrected chi connectivity index (χ3v) is 4.31. The van der Waals surface area contributed by atoms with Crippen LogP contribution in [0, 0.1) is 57.7 Å². The Morgan fingerprint density at radius 1 is 0.600 bits per heavy atom. The maximum absolute atomic E-state index is 9.46. The Kier molecular flexibility index (Phi) is 3.94. The Labute approximate surface area is 168 Å². The zero-order chi connectivity index (χ0) is 21.6. The van der Waals surface area contributed by atoms with Crippen molar-refractivity contribution in [2.24, 2.45) is 0 Å². The third kappa shape index (κ3) is 2.45. The van der Waals surface area contributed by atoms with Crippen LogP contribution >= 0.6 is 0 Å². The molecule has 0 unspecified atom stereocenters. The summed E-state index contributed by atoms with van der Waals surface area (Å²) in [5.74, 6) is 0. The molecule has 0 spiro atoms. The molecule has 0 atom stereocenters. The molecular weight excluding hydrogens is 382 g/mol. The van der Waals surface area contributed by atoms with E-state index in [1.165, 1.54) is 6.92 Å². The van der Waals surface area contributed by atoms with Gasteiger partial charge in [-0.3, -0.25) is 0 Å². The van der Waals surface area contributed by atoms with Crippen molar-refractivity contribution in [3.05, 3.63) is 34.2 Å². The van der Waals surface area contributed by atoms with Gasteiger partial charge < -0.3 is 5.41 Å². The lowest BCUT2D eigenvalue weighted by Crippen LogP contribution is -2.08. The van der Waals surface area contributed by atoms with Gasteiger partial charge in [0.15, 0.2) is 22.8 Å². The molecule has 0 saturated carbocycles. The van der Waals surface area contributed by atoms with Crippen LogP contribution in [-0.2, 0) is 0 Å². The van der Waals surface area contributed by atoms with Gasteiger partial charge in [-0.25, -0.2) is 29.9 Å². The fourth-order valence-electron chi connectivity index (χ4n) is 2.98. The number of fused-ring (bicyclic) bond motifs is 6. The molecule has 1 N–H and O–H groups in total. The molecule has 0 radical (unpaired) electrons. The number of aryl methyl sites for hydroxylation is 1. The van der Waals surface area contributed by atoms with Crippen molar-refractivity contribution in [3.8, 4) is 24.3 Å². The summed E-state index contributed by atoms with van der Waals surface area (Å²) in [5, 5.41) is 45.4. The highest BCUT2D eigenvalue weighted by Gasteiger charge is 2.22. The molecule has 30 heavy (non-hydrogen) atoms. The molecule has 0 aliphatic heterocycles. The molecule has 3 heterocycles. The van der Waals surface area contributed by atoms with Crippen molar-refractivity contribution in [3.63, 3.8) is 0 Å². The van der Waals surface area contributed by atoms with Gasteiger partial charge in [-0.05, 0) is 13.8 Å². The van der Waals surface area contributed by atoms with E-state index >= 15 is 0 Å². The van der Waals surface area contributed by atoms with Crippen molar-refractivity contribution < 1.29 is 0 Å². The second-order valence-electron chi connectivity index (χ2n) is 6.16. The zero-order valence-electron chi connectivity index (χ0n) is 15.5. The molecule has 4 aromatic rings. The first-order chi connectivity index (χ1) is 14.4. The second-order valence-corrected chi connectivity index (χ2v) is 6.16. The second kappa shape index (κ2) is 6.49. The monoisotopic (exact) mass is 389 g/mol. The van der Waals surface area contributed by atoms with E-state index in [0.29, 0.717) is 5.69 Å². The third-order valence-electron chi connectivity index (χ3n) is 4.31. The summed E-state index contributed by atoms with van der Waals surface area (Å²) in [5.41, 5.74) is 0.844. The number of benzene rings is 1. The Morgan fingerprint density at radius 2 is 0.967 bits per heavy atom. The molecular formula is C19H7N11. The maximum Gasteiger partial charge on any atom is 0.177 e. The molecule has 138 valence electrons. The molecule has 11 heteroatoms. The van der Waals surface area contributed by atoms with Crippen LogP contribution in [0.3, 0.4) is 0 Å². The average molecular weight is 389 g/mol. The fraction of sp³-hybridized carbons (Fsp3) is 0.105. The standard InChI is InChI=1S/C19H7N11/c1-7(24)13-12(6-23)29-16-14-15(26-9(3-20)8(2)25-14)17-18(19(16)30-13)28-11(5-22)10(4-21)27-17/h24H,1-2H3. The minimum absolute atomic E-state index is 0.0124. The summed E-state index contributed by atoms with van der Waals surface area (Å²) in [7, 11) is 0. The van der Waals surface area contributed by atoms with Crippen molar-refractivity contribution in [2.45, 2.75) is 13.8 Å². The van der Waals surface area contributed by atoms with Crippen molar-refractivity contribution in [2.75, 3.05) is 0 Å². The average Bonchev–Trinajstić information content (AvgIpc) is 2.76. The van der Waals surface area contributed by atoms with Crippen molar-refractivity contribution >= 4 is 38.8 Å². The molecule has 11 nitrogen and oxygen atoms in total. The number of hydrogen-bond acceptors (Lipinski definition) is 11. The maximum atomic E-state index is 9.46. The van der Waals surface area contributed by atoms with Gasteiger partial charge in [-0.15, -0.1) is 0 Å². The minimum atomic E-state index is -0.217. The van der Waals surface area contributed by atoms with E-state index in [0.717, 1.165) is 0 Å². The van der Waals surface area contributed by atoms with E-state index in [9.17, 15) is 21.0 Å². The van der Waals surface area contributed by atoms with Gasteiger partial charge in [0.05, 0.1) is 11.4 Å². The van der Waals surface area contributed by atoms with E-state index in [1.807, 2.05) is 24.3 Å². The van der Waals surface area contributed by atoms with Crippen LogP contribution in [0.5, 0.6) is 0 Å². The van der Waals surface area contributed by atoms with Gasteiger partial charge in [-0.1, -0.05) is 0 Å². The Morgan fingerprint density at radius 3 is 1.40 bits per heavy atom. The van der Waals surface area contributed by atoms with Crippen LogP contribution in [0.25, 0.3) is 33.1 Å². The van der Waals surface area contributed by atoms with E-state index in [2.05, 4.69) is 29.9 Å². The first-order valence-corrected chi connectivity index (χ1v) is 8.33. The molecule has 0 amide bonds. The predicted octanol–water partition coefficient (Wildman–Crippen LogP) is 1.70. The molecule has 0 bridgehead atoms. The van der Waals surface area contributed by atoms with E-state index < -0.39 is 0 Å². The Hall–Kier alpha value is -5.13. The Balaban J connectivity index is 2.40. The Bertz CT molecular complexity index is 1620. The highest BCUT2D eigenvalue weighted by Crippen LogP contribution is 2.31. The number of aromatic nitrogens is 6. The summed E-state index contributed by atoms with van der Waals surface area (Å²) in [6, 6.07) is 7.49. The van der Waals surface area contributed by atoms with E-state index in [-0.39, 0.29) is 67.3 Å². The van der Waals surface area contributed by atoms with Crippen LogP contribution in [0.2, 0.25) is 0 Å². The highest BCUT2D eigenvalue weighted by molar-refractivity contribution is 6.18. The molecule has 1 aromatic carbocycles. The van der Waals surface area contributed by atoms with Crippen LogP contribution in [-0.4, -0.2) is 35.6 Å². The number of nitriles is 4. The largest absolute Gasteiger partial charge is 0.303 e. The predicted molar refractivity (Wildman–Crippen MR) is 102 cm³/mol. The summed E-state index contributed by atoms with van der Waals surface area (Å²) in [6.45, 7) is 3.06. The van der Waals surface area contributed by atoms with Gasteiger partial charge in [0.2, 0.25) is 0 Å². The minimum Gasteiger partial charge on any atom is -0.303 e. The zero-order valence-corrected chi connectivity index (χ0v) is 15.5. The van der Waals surface area contributed by atoms with Crippen LogP contribution in [0.4, 0.5) is 0 Å². The quantitative estimate of drug-likeness (QED) is 0.369. The lowest BCUT2D eigenvalue weighted by atomic mass is 10.1. The number of nitrogens with one attached hydrogen (secondary N) is 1. The lowest BCUT2D eigenvalue weighted by Gasteiger charge is -2.10. The first kappa shape index (κ1) is 18.2. The molecule has 0 fully saturated rings. The fourth-order valence-corrected chi connectivity index (χ4v) is 2.98. The van der Waals surface area contributed by atoms with Gasteiger partial charge >= 0.3 is 0 Å². The highest BCUT2D eigenvalue weighted by atomic mass is 14.9. The normalized spacial score (nSPS) is 10.3. The molecule has 0 aliphatic carbocycles. The van der Waals surface area contributed by atoms with E-state index in [4.69, 9.17) is 5.41 Å². The summed E-state index contributed by atoms with van der Waals surface area (Å²) >= 11 is 0. The van der Waals surface area contributed by atoms with Gasteiger partial charge in [0, 0.05) is 0 Å². The van der Waals surface area contributed by atoms with Crippen LogP contribution in [0.15, 0.2) is 0 Å². The van der Waals surface area contributed by atoms with Crippen LogP contribution < -0.4 is 0 Å². The molecule has 0 aliphatic rings. The van der Waals surface area contributed by atoms with Crippen LogP contribution in [0.1, 0.15) is 41.1 Å². The van der Waals surface area contributed by atoms with Crippen molar-refractivity contribution in [1.29, 1.82) is 26.5 Å². The summed E-state index contributed by atoms with van der Waals surface area (Å²) < 4.78 is 0. The summed E-state index contributed by atoms with van der Waals surface area (Å²) in [6.07, 6.45) is 0. The first-order valence-electron chi connectivity index (χ1n) is 8.33.